The van der Waals surface area contributed by atoms with Crippen LogP contribution in [0.1, 0.15) is 11.1 Å². The van der Waals surface area contributed by atoms with Gasteiger partial charge in [0.25, 0.3) is 0 Å². The summed E-state index contributed by atoms with van der Waals surface area (Å²) >= 11 is 5.40. The van der Waals surface area contributed by atoms with Gasteiger partial charge in [-0.1, -0.05) is 72.3 Å². The second-order valence-corrected chi connectivity index (χ2v) is 8.62. The number of rotatable bonds is 7. The molecule has 3 aromatic carbocycles. The molecule has 8 heteroatoms. The van der Waals surface area contributed by atoms with Gasteiger partial charge in [0.15, 0.2) is 10.6 Å². The Morgan fingerprint density at radius 3 is 2.43 bits per heavy atom. The van der Waals surface area contributed by atoms with Gasteiger partial charge in [0, 0.05) is 29.4 Å². The zero-order chi connectivity index (χ0) is 24.2. The first-order valence-electron chi connectivity index (χ1n) is 11.3. The molecule has 35 heavy (non-hydrogen) atoms. The van der Waals surface area contributed by atoms with Crippen molar-refractivity contribution in [3.8, 4) is 28.3 Å². The summed E-state index contributed by atoms with van der Waals surface area (Å²) in [5.74, 6) is 0.471. The lowest BCUT2D eigenvalue weighted by Crippen LogP contribution is -2.27. The Hall–Kier alpha value is -4.30. The monoisotopic (exact) mass is 480 g/mol. The van der Waals surface area contributed by atoms with E-state index in [0.29, 0.717) is 17.1 Å². The zero-order valence-corrected chi connectivity index (χ0v) is 20.0. The number of H-pyrrole nitrogens is 1. The summed E-state index contributed by atoms with van der Waals surface area (Å²) in [5.41, 5.74) is 5.70. The Balaban J connectivity index is 1.38. The first-order chi connectivity index (χ1) is 17.1. The molecule has 0 aliphatic rings. The quantitative estimate of drug-likeness (QED) is 0.318. The lowest BCUT2D eigenvalue weighted by molar-refractivity contribution is -0.121. The van der Waals surface area contributed by atoms with Crippen LogP contribution in [0, 0.1) is 11.7 Å². The average molecular weight is 481 g/mol. The summed E-state index contributed by atoms with van der Waals surface area (Å²) in [7, 11) is 0. The van der Waals surface area contributed by atoms with Crippen molar-refractivity contribution >= 4 is 18.1 Å². The van der Waals surface area contributed by atoms with Crippen LogP contribution < -0.4 is 5.32 Å². The Morgan fingerprint density at radius 2 is 1.69 bits per heavy atom. The van der Waals surface area contributed by atoms with Crippen molar-refractivity contribution < 1.29 is 4.79 Å². The van der Waals surface area contributed by atoms with Crippen molar-refractivity contribution in [1.29, 1.82) is 0 Å². The third-order valence-corrected chi connectivity index (χ3v) is 5.98. The lowest BCUT2D eigenvalue weighted by atomic mass is 10.1. The minimum Gasteiger partial charge on any atom is -0.350 e. The average Bonchev–Trinajstić information content (AvgIpc) is 3.48. The van der Waals surface area contributed by atoms with Gasteiger partial charge in [0.2, 0.25) is 5.91 Å². The maximum atomic E-state index is 13.0. The van der Waals surface area contributed by atoms with Crippen LogP contribution in [0.25, 0.3) is 28.3 Å². The van der Waals surface area contributed by atoms with Crippen molar-refractivity contribution in [1.82, 2.24) is 29.9 Å². The summed E-state index contributed by atoms with van der Waals surface area (Å²) in [6.07, 6.45) is 1.96. The number of carbonyl (C=O) groups is 1. The highest BCUT2D eigenvalue weighted by Crippen LogP contribution is 2.24. The van der Waals surface area contributed by atoms with Crippen LogP contribution >= 0.6 is 12.2 Å². The van der Waals surface area contributed by atoms with Crippen molar-refractivity contribution in [2.24, 2.45) is 0 Å². The lowest BCUT2D eigenvalue weighted by Gasteiger charge is -2.09. The second kappa shape index (κ2) is 9.90. The van der Waals surface area contributed by atoms with Gasteiger partial charge in [-0.05, 0) is 37.3 Å². The SMILES string of the molecule is Cc1cccc(-c2n[nH]c(=S)n2CC(=O)NCc2cn(-c3ccccc3)nc2-c2ccccc2)c1. The number of hydrogen-bond acceptors (Lipinski definition) is 4. The molecule has 0 radical (unpaired) electrons. The standard InChI is InChI=1S/C27H24N6OS/c1-19-9-8-12-21(15-19)26-29-30-27(35)32(26)18-24(34)28-16-22-17-33(23-13-6-3-7-14-23)31-25(22)20-10-4-2-5-11-20/h2-15,17H,16,18H2,1H3,(H,28,34)(H,30,35). The first-order valence-corrected chi connectivity index (χ1v) is 11.7. The Morgan fingerprint density at radius 1 is 0.971 bits per heavy atom. The van der Waals surface area contributed by atoms with E-state index in [1.165, 1.54) is 0 Å². The van der Waals surface area contributed by atoms with Gasteiger partial charge in [0.1, 0.15) is 6.54 Å². The van der Waals surface area contributed by atoms with Crippen LogP contribution in [-0.2, 0) is 17.9 Å². The van der Waals surface area contributed by atoms with E-state index in [2.05, 4.69) is 15.5 Å². The topological polar surface area (TPSA) is 80.5 Å². The molecule has 7 nitrogen and oxygen atoms in total. The number of nitrogens with zero attached hydrogens (tertiary/aromatic N) is 4. The molecule has 5 aromatic rings. The van der Waals surface area contributed by atoms with Crippen LogP contribution in [0.5, 0.6) is 0 Å². The molecule has 5 rings (SSSR count). The molecule has 2 heterocycles. The maximum Gasteiger partial charge on any atom is 0.240 e. The molecule has 2 N–H and O–H groups in total. The molecule has 0 saturated heterocycles. The molecule has 0 spiro atoms. The highest BCUT2D eigenvalue weighted by Gasteiger charge is 2.16. The summed E-state index contributed by atoms with van der Waals surface area (Å²) in [5, 5.41) is 15.0. The smallest absolute Gasteiger partial charge is 0.240 e. The van der Waals surface area contributed by atoms with E-state index in [-0.39, 0.29) is 12.5 Å². The summed E-state index contributed by atoms with van der Waals surface area (Å²) in [6, 6.07) is 27.8. The third kappa shape index (κ3) is 4.97. The number of nitrogens with one attached hydrogen (secondary N) is 2. The third-order valence-electron chi connectivity index (χ3n) is 5.67. The van der Waals surface area contributed by atoms with Gasteiger partial charge >= 0.3 is 0 Å². The molecule has 0 bridgehead atoms. The highest BCUT2D eigenvalue weighted by molar-refractivity contribution is 7.71. The molecule has 2 aromatic heterocycles. The minimum absolute atomic E-state index is 0.0616. The van der Waals surface area contributed by atoms with Crippen molar-refractivity contribution in [3.05, 3.63) is 107 Å². The Bertz CT molecular complexity index is 1520. The number of para-hydroxylation sites is 1. The van der Waals surface area contributed by atoms with E-state index < -0.39 is 0 Å². The molecule has 0 atom stereocenters. The van der Waals surface area contributed by atoms with E-state index in [0.717, 1.165) is 33.6 Å². The van der Waals surface area contributed by atoms with Gasteiger partial charge in [0.05, 0.1) is 11.4 Å². The number of hydrogen-bond donors (Lipinski definition) is 2. The van der Waals surface area contributed by atoms with E-state index >= 15 is 0 Å². The number of aromatic amines is 1. The molecule has 1 amide bonds. The van der Waals surface area contributed by atoms with Gasteiger partial charge in [-0.25, -0.2) is 4.68 Å². The molecular formula is C27H24N6OS. The maximum absolute atomic E-state index is 13.0. The van der Waals surface area contributed by atoms with E-state index in [1.54, 1.807) is 4.57 Å². The van der Waals surface area contributed by atoms with Crippen LogP contribution in [-0.4, -0.2) is 30.5 Å². The van der Waals surface area contributed by atoms with Gasteiger partial charge in [-0.2, -0.15) is 10.2 Å². The fraction of sp³-hybridized carbons (Fsp3) is 0.111. The highest BCUT2D eigenvalue weighted by atomic mass is 32.1. The summed E-state index contributed by atoms with van der Waals surface area (Å²) < 4.78 is 3.95. The Labute approximate surface area is 208 Å². The fourth-order valence-corrected chi connectivity index (χ4v) is 4.15. The molecule has 0 saturated carbocycles. The largest absolute Gasteiger partial charge is 0.350 e. The van der Waals surface area contributed by atoms with E-state index in [4.69, 9.17) is 17.3 Å². The predicted octanol–water partition coefficient (Wildman–Crippen LogP) is 5.09. The van der Waals surface area contributed by atoms with Crippen LogP contribution in [0.15, 0.2) is 91.1 Å². The molecule has 0 aliphatic carbocycles. The van der Waals surface area contributed by atoms with Crippen molar-refractivity contribution in [2.45, 2.75) is 20.0 Å². The molecule has 174 valence electrons. The van der Waals surface area contributed by atoms with Crippen molar-refractivity contribution in [2.75, 3.05) is 0 Å². The van der Waals surface area contributed by atoms with E-state index in [1.807, 2.05) is 103 Å². The fourth-order valence-electron chi connectivity index (χ4n) is 3.95. The Kier molecular flexibility index (Phi) is 6.36. The first kappa shape index (κ1) is 22.5. The van der Waals surface area contributed by atoms with Gasteiger partial charge in [-0.15, -0.1) is 0 Å². The van der Waals surface area contributed by atoms with Gasteiger partial charge < -0.3 is 5.32 Å². The molecule has 0 fully saturated rings. The number of carbonyl (C=O) groups excluding carboxylic acids is 1. The second-order valence-electron chi connectivity index (χ2n) is 8.23. The van der Waals surface area contributed by atoms with Crippen LogP contribution in [0.4, 0.5) is 0 Å². The zero-order valence-electron chi connectivity index (χ0n) is 19.2. The van der Waals surface area contributed by atoms with Gasteiger partial charge in [-0.3, -0.25) is 14.5 Å². The van der Waals surface area contributed by atoms with E-state index in [9.17, 15) is 4.79 Å². The van der Waals surface area contributed by atoms with Crippen LogP contribution in [0.2, 0.25) is 0 Å². The van der Waals surface area contributed by atoms with Crippen molar-refractivity contribution in [3.63, 3.8) is 0 Å². The summed E-state index contributed by atoms with van der Waals surface area (Å²) in [4.78, 5) is 13.0. The number of aromatic nitrogens is 5. The molecular weight excluding hydrogens is 456 g/mol. The number of benzene rings is 3. The normalized spacial score (nSPS) is 10.9. The molecule has 0 unspecified atom stereocenters. The summed E-state index contributed by atoms with van der Waals surface area (Å²) in [6.45, 7) is 2.41. The number of amides is 1. The predicted molar refractivity (Wildman–Crippen MR) is 138 cm³/mol. The number of aryl methyl sites for hydroxylation is 1. The minimum atomic E-state index is -0.164. The molecule has 0 aliphatic heterocycles. The van der Waals surface area contributed by atoms with Crippen LogP contribution in [0.3, 0.4) is 0 Å².